The summed E-state index contributed by atoms with van der Waals surface area (Å²) in [5.41, 5.74) is 2.29. The summed E-state index contributed by atoms with van der Waals surface area (Å²) in [6.07, 6.45) is 1.52. The van der Waals surface area contributed by atoms with Gasteiger partial charge in [0.05, 0.1) is 11.1 Å². The second kappa shape index (κ2) is 7.64. The predicted octanol–water partition coefficient (Wildman–Crippen LogP) is 3.85. The third kappa shape index (κ3) is 3.87. The Balaban J connectivity index is 2.49. The molecule has 0 fully saturated rings. The van der Waals surface area contributed by atoms with E-state index in [1.807, 2.05) is 0 Å². The number of aldehydes is 2. The van der Waals surface area contributed by atoms with Crippen LogP contribution in [0, 0.1) is 23.7 Å². The summed E-state index contributed by atoms with van der Waals surface area (Å²) in [7, 11) is 0. The summed E-state index contributed by atoms with van der Waals surface area (Å²) >= 11 is 0. The smallest absolute Gasteiger partial charge is 0.150 e. The lowest BCUT2D eigenvalue weighted by atomic mass is 10.1. The summed E-state index contributed by atoms with van der Waals surface area (Å²) in [4.78, 5) is 21.8. The molecule has 0 aliphatic rings. The van der Waals surface area contributed by atoms with Gasteiger partial charge in [0.1, 0.15) is 24.1 Å². The molecular weight excluding hydrogens is 288 g/mol. The van der Waals surface area contributed by atoms with Crippen molar-refractivity contribution >= 4 is 12.6 Å². The van der Waals surface area contributed by atoms with Crippen LogP contribution in [0.1, 0.15) is 45.7 Å². The first-order valence-electron chi connectivity index (χ1n) is 6.93. The van der Waals surface area contributed by atoms with E-state index in [0.717, 1.165) is 12.6 Å². The average molecular weight is 302 g/mol. The summed E-state index contributed by atoms with van der Waals surface area (Å²) < 4.78 is 5.91. The third-order valence-electron chi connectivity index (χ3n) is 3.02. The molecule has 112 valence electrons. The molecule has 2 aromatic carbocycles. The fourth-order valence-corrected chi connectivity index (χ4v) is 2.00. The van der Waals surface area contributed by atoms with Gasteiger partial charge in [-0.25, -0.2) is 0 Å². The zero-order valence-electron chi connectivity index (χ0n) is 12.8. The van der Waals surface area contributed by atoms with Gasteiger partial charge in [0.15, 0.2) is 0 Å². The van der Waals surface area contributed by atoms with E-state index in [0.29, 0.717) is 33.8 Å². The average Bonchev–Trinajstić information content (AvgIpc) is 2.58. The van der Waals surface area contributed by atoms with Crippen LogP contribution < -0.4 is 4.74 Å². The van der Waals surface area contributed by atoms with Gasteiger partial charge in [0.25, 0.3) is 0 Å². The summed E-state index contributed by atoms with van der Waals surface area (Å²) in [5, 5.41) is 0. The number of benzene rings is 2. The van der Waals surface area contributed by atoms with Gasteiger partial charge >= 0.3 is 0 Å². The Labute approximate surface area is 135 Å². The van der Waals surface area contributed by atoms with Gasteiger partial charge < -0.3 is 4.74 Å². The van der Waals surface area contributed by atoms with Crippen LogP contribution in [-0.4, -0.2) is 12.6 Å². The van der Waals surface area contributed by atoms with Crippen LogP contribution in [0.2, 0.25) is 0 Å². The normalized spacial score (nSPS) is 8.96. The van der Waals surface area contributed by atoms with E-state index < -0.39 is 0 Å². The molecule has 2 rings (SSSR count). The number of hydrogen-bond donors (Lipinski definition) is 0. The van der Waals surface area contributed by atoms with E-state index in [9.17, 15) is 9.59 Å². The number of carbonyl (C=O) groups excluding carboxylic acids is 2. The molecule has 0 aliphatic carbocycles. The molecule has 0 aromatic heterocycles. The zero-order valence-corrected chi connectivity index (χ0v) is 12.8. The Morgan fingerprint density at radius 3 is 1.57 bits per heavy atom. The van der Waals surface area contributed by atoms with Crippen molar-refractivity contribution in [2.24, 2.45) is 0 Å². The molecule has 0 amide bonds. The van der Waals surface area contributed by atoms with E-state index in [1.54, 1.807) is 50.2 Å². The van der Waals surface area contributed by atoms with Crippen molar-refractivity contribution in [2.45, 2.75) is 13.8 Å². The first kappa shape index (κ1) is 16.1. The van der Waals surface area contributed by atoms with Crippen LogP contribution in [0.25, 0.3) is 0 Å². The quantitative estimate of drug-likeness (QED) is 0.636. The topological polar surface area (TPSA) is 43.4 Å². The van der Waals surface area contributed by atoms with Crippen molar-refractivity contribution in [2.75, 3.05) is 0 Å². The Morgan fingerprint density at radius 1 is 0.783 bits per heavy atom. The van der Waals surface area contributed by atoms with E-state index in [4.69, 9.17) is 4.74 Å². The number of carbonyl (C=O) groups is 2. The molecule has 0 aliphatic heterocycles. The Hall–Kier alpha value is -3.30. The summed E-state index contributed by atoms with van der Waals surface area (Å²) in [6, 6.07) is 10.1. The molecule has 0 heterocycles. The maximum absolute atomic E-state index is 10.9. The zero-order chi connectivity index (χ0) is 16.7. The molecule has 0 radical (unpaired) electrons. The highest BCUT2D eigenvalue weighted by Crippen LogP contribution is 2.28. The number of rotatable bonds is 4. The van der Waals surface area contributed by atoms with Crippen molar-refractivity contribution < 1.29 is 14.3 Å². The van der Waals surface area contributed by atoms with Gasteiger partial charge in [-0.2, -0.15) is 0 Å². The van der Waals surface area contributed by atoms with Crippen LogP contribution in [0.4, 0.5) is 0 Å². The maximum Gasteiger partial charge on any atom is 0.150 e. The first-order valence-corrected chi connectivity index (χ1v) is 6.93. The van der Waals surface area contributed by atoms with Crippen molar-refractivity contribution in [3.8, 4) is 35.2 Å². The second-order valence-electron chi connectivity index (χ2n) is 4.60. The Bertz CT molecular complexity index is 798. The Kier molecular flexibility index (Phi) is 5.34. The third-order valence-corrected chi connectivity index (χ3v) is 3.02. The minimum Gasteiger partial charge on any atom is -0.455 e. The van der Waals surface area contributed by atoms with E-state index in [1.165, 1.54) is 0 Å². The highest BCUT2D eigenvalue weighted by molar-refractivity contribution is 5.77. The van der Waals surface area contributed by atoms with Crippen LogP contribution in [0.5, 0.6) is 11.5 Å². The van der Waals surface area contributed by atoms with E-state index in [-0.39, 0.29) is 0 Å². The van der Waals surface area contributed by atoms with Gasteiger partial charge in [0, 0.05) is 11.1 Å². The monoisotopic (exact) mass is 302 g/mol. The fourth-order valence-electron chi connectivity index (χ4n) is 2.00. The van der Waals surface area contributed by atoms with Gasteiger partial charge in [-0.05, 0) is 50.2 Å². The molecule has 2 aromatic rings. The molecule has 0 N–H and O–H groups in total. The van der Waals surface area contributed by atoms with Gasteiger partial charge in [-0.1, -0.05) is 11.8 Å². The molecule has 3 heteroatoms. The summed E-state index contributed by atoms with van der Waals surface area (Å²) in [5.74, 6) is 12.5. The maximum atomic E-state index is 10.9. The molecule has 0 saturated heterocycles. The molecule has 0 saturated carbocycles. The lowest BCUT2D eigenvalue weighted by Crippen LogP contribution is -1.94. The lowest BCUT2D eigenvalue weighted by molar-refractivity contribution is 0.111. The van der Waals surface area contributed by atoms with Crippen LogP contribution in [0.3, 0.4) is 0 Å². The van der Waals surface area contributed by atoms with Gasteiger partial charge in [-0.15, -0.1) is 11.8 Å². The van der Waals surface area contributed by atoms with Crippen LogP contribution in [0.15, 0.2) is 36.4 Å². The highest BCUT2D eigenvalue weighted by Gasteiger charge is 2.08. The largest absolute Gasteiger partial charge is 0.455 e. The SMILES string of the molecule is CC#Cc1cc(C=O)ccc1Oc1ccc(C=O)cc1C#CC. The highest BCUT2D eigenvalue weighted by atomic mass is 16.5. The lowest BCUT2D eigenvalue weighted by Gasteiger charge is -2.10. The molecule has 3 nitrogen and oxygen atoms in total. The molecule has 23 heavy (non-hydrogen) atoms. The standard InChI is InChI=1S/C20H14O3/c1-3-5-17-11-15(13-21)7-9-19(17)23-20-10-8-16(14-22)12-18(20)6-4-2/h7-14H,1-2H3. The molecule has 0 spiro atoms. The number of ether oxygens (including phenoxy) is 1. The molecule has 0 unspecified atom stereocenters. The number of hydrogen-bond acceptors (Lipinski definition) is 3. The molecular formula is C20H14O3. The van der Waals surface area contributed by atoms with E-state index >= 15 is 0 Å². The van der Waals surface area contributed by atoms with Gasteiger partial charge in [0.2, 0.25) is 0 Å². The van der Waals surface area contributed by atoms with Crippen molar-refractivity contribution in [1.82, 2.24) is 0 Å². The Morgan fingerprint density at radius 2 is 1.22 bits per heavy atom. The first-order chi connectivity index (χ1) is 11.2. The second-order valence-corrected chi connectivity index (χ2v) is 4.60. The van der Waals surface area contributed by atoms with Crippen molar-refractivity contribution in [3.05, 3.63) is 58.7 Å². The predicted molar refractivity (Wildman–Crippen MR) is 88.8 cm³/mol. The molecule has 0 bridgehead atoms. The summed E-state index contributed by atoms with van der Waals surface area (Å²) in [6.45, 7) is 3.43. The van der Waals surface area contributed by atoms with E-state index in [2.05, 4.69) is 23.7 Å². The van der Waals surface area contributed by atoms with Gasteiger partial charge in [-0.3, -0.25) is 9.59 Å². The van der Waals surface area contributed by atoms with Crippen LogP contribution in [-0.2, 0) is 0 Å². The molecule has 0 atom stereocenters. The minimum atomic E-state index is 0.528. The van der Waals surface area contributed by atoms with Crippen molar-refractivity contribution in [3.63, 3.8) is 0 Å². The van der Waals surface area contributed by atoms with Crippen LogP contribution >= 0.6 is 0 Å². The fraction of sp³-hybridized carbons (Fsp3) is 0.100. The van der Waals surface area contributed by atoms with Crippen molar-refractivity contribution in [1.29, 1.82) is 0 Å². The minimum absolute atomic E-state index is 0.528.